The zero-order valence-electron chi connectivity index (χ0n) is 9.32. The molecule has 0 spiro atoms. The minimum Gasteiger partial charge on any atom is -0.467 e. The molecule has 86 valence electrons. The molecule has 0 amide bonds. The van der Waals surface area contributed by atoms with Gasteiger partial charge in [-0.3, -0.25) is 0 Å². The largest absolute Gasteiger partial charge is 0.467 e. The maximum Gasteiger partial charge on any atom is 0.129 e. The summed E-state index contributed by atoms with van der Waals surface area (Å²) in [5, 5.41) is 12.9. The van der Waals surface area contributed by atoms with E-state index in [9.17, 15) is 5.11 Å². The molecule has 0 saturated carbocycles. The Morgan fingerprint density at radius 2 is 2.40 bits per heavy atom. The highest BCUT2D eigenvalue weighted by Crippen LogP contribution is 2.06. The van der Waals surface area contributed by atoms with E-state index in [1.807, 2.05) is 19.1 Å². The number of furan rings is 1. The molecule has 0 saturated heterocycles. The molecule has 1 rings (SSSR count). The van der Waals surface area contributed by atoms with Crippen LogP contribution in [0.1, 0.15) is 19.6 Å². The number of rotatable bonds is 7. The van der Waals surface area contributed by atoms with Crippen LogP contribution in [0.3, 0.4) is 0 Å². The van der Waals surface area contributed by atoms with Crippen molar-refractivity contribution in [2.45, 2.75) is 26.1 Å². The summed E-state index contributed by atoms with van der Waals surface area (Å²) in [6.07, 6.45) is 1.61. The summed E-state index contributed by atoms with van der Waals surface area (Å²) in [5.74, 6) is 0.772. The van der Waals surface area contributed by atoms with E-state index in [4.69, 9.17) is 9.15 Å². The van der Waals surface area contributed by atoms with E-state index in [1.54, 1.807) is 13.2 Å². The van der Waals surface area contributed by atoms with E-state index >= 15 is 0 Å². The highest BCUT2D eigenvalue weighted by molar-refractivity contribution is 4.96. The summed E-state index contributed by atoms with van der Waals surface area (Å²) >= 11 is 0. The Labute approximate surface area is 90.2 Å². The predicted octanol–water partition coefficient (Wildman–Crippen LogP) is 1.16. The van der Waals surface area contributed by atoms with Crippen LogP contribution in [0.4, 0.5) is 0 Å². The van der Waals surface area contributed by atoms with Gasteiger partial charge in [-0.25, -0.2) is 0 Å². The molecule has 0 radical (unpaired) electrons. The normalized spacial score (nSPS) is 15.1. The lowest BCUT2D eigenvalue weighted by Gasteiger charge is -2.22. The topological polar surface area (TPSA) is 54.6 Å². The summed E-state index contributed by atoms with van der Waals surface area (Å²) in [6.45, 7) is 5.81. The molecule has 0 bridgehead atoms. The fourth-order valence-electron chi connectivity index (χ4n) is 1.21. The molecule has 0 aromatic carbocycles. The molecule has 2 N–H and O–H groups in total. The van der Waals surface area contributed by atoms with Crippen molar-refractivity contribution in [3.8, 4) is 0 Å². The first kappa shape index (κ1) is 12.2. The molecule has 15 heavy (non-hydrogen) atoms. The number of hydrogen-bond acceptors (Lipinski definition) is 4. The summed E-state index contributed by atoms with van der Waals surface area (Å²) < 4.78 is 10.5. The lowest BCUT2D eigenvalue weighted by atomic mass is 10.1. The molecule has 1 atom stereocenters. The second kappa shape index (κ2) is 5.90. The molecule has 1 aromatic heterocycles. The van der Waals surface area contributed by atoms with Crippen molar-refractivity contribution in [1.29, 1.82) is 0 Å². The molecule has 0 aliphatic rings. The second-order valence-electron chi connectivity index (χ2n) is 3.85. The van der Waals surface area contributed by atoms with Crippen molar-refractivity contribution < 1.29 is 14.3 Å². The SMILES string of the molecule is CCNCC(C)(O)COCc1ccco1. The molecule has 1 unspecified atom stereocenters. The molecule has 0 aliphatic heterocycles. The van der Waals surface area contributed by atoms with Gasteiger partial charge < -0.3 is 19.6 Å². The molecule has 1 heterocycles. The van der Waals surface area contributed by atoms with Gasteiger partial charge in [0.2, 0.25) is 0 Å². The van der Waals surface area contributed by atoms with E-state index in [2.05, 4.69) is 5.32 Å². The van der Waals surface area contributed by atoms with Gasteiger partial charge in [0, 0.05) is 6.54 Å². The quantitative estimate of drug-likeness (QED) is 0.713. The summed E-state index contributed by atoms with van der Waals surface area (Å²) in [4.78, 5) is 0. The lowest BCUT2D eigenvalue weighted by Crippen LogP contribution is -2.41. The van der Waals surface area contributed by atoms with Crippen LogP contribution in [0.25, 0.3) is 0 Å². The van der Waals surface area contributed by atoms with E-state index in [0.29, 0.717) is 19.8 Å². The Kier molecular flexibility index (Phi) is 4.81. The van der Waals surface area contributed by atoms with E-state index in [0.717, 1.165) is 12.3 Å². The molecular formula is C11H19NO3. The summed E-state index contributed by atoms with van der Waals surface area (Å²) in [6, 6.07) is 3.66. The van der Waals surface area contributed by atoms with E-state index in [-0.39, 0.29) is 0 Å². The van der Waals surface area contributed by atoms with Crippen molar-refractivity contribution in [3.63, 3.8) is 0 Å². The van der Waals surface area contributed by atoms with Gasteiger partial charge in [-0.15, -0.1) is 0 Å². The summed E-state index contributed by atoms with van der Waals surface area (Å²) in [7, 11) is 0. The van der Waals surface area contributed by atoms with Crippen LogP contribution in [0, 0.1) is 0 Å². The molecule has 1 aromatic rings. The first-order valence-electron chi connectivity index (χ1n) is 5.17. The zero-order valence-corrected chi connectivity index (χ0v) is 9.32. The second-order valence-corrected chi connectivity index (χ2v) is 3.85. The van der Waals surface area contributed by atoms with Crippen molar-refractivity contribution in [3.05, 3.63) is 24.2 Å². The highest BCUT2D eigenvalue weighted by Gasteiger charge is 2.19. The summed E-state index contributed by atoms with van der Waals surface area (Å²) in [5.41, 5.74) is -0.831. The number of aliphatic hydroxyl groups is 1. The van der Waals surface area contributed by atoms with Crippen LogP contribution in [0.15, 0.2) is 22.8 Å². The van der Waals surface area contributed by atoms with Crippen molar-refractivity contribution in [2.75, 3.05) is 19.7 Å². The smallest absolute Gasteiger partial charge is 0.129 e. The Bertz CT molecular complexity index is 257. The van der Waals surface area contributed by atoms with Gasteiger partial charge in [0.05, 0.1) is 18.5 Å². The number of hydrogen-bond donors (Lipinski definition) is 2. The molecule has 4 nitrogen and oxygen atoms in total. The van der Waals surface area contributed by atoms with Crippen LogP contribution in [-0.2, 0) is 11.3 Å². The van der Waals surface area contributed by atoms with Crippen molar-refractivity contribution in [1.82, 2.24) is 5.32 Å². The standard InChI is InChI=1S/C11H19NO3/c1-3-12-8-11(2,13)9-14-7-10-5-4-6-15-10/h4-6,12-13H,3,7-9H2,1-2H3. The Balaban J connectivity index is 2.18. The molecule has 4 heteroatoms. The maximum atomic E-state index is 9.86. The minimum atomic E-state index is -0.831. The van der Waals surface area contributed by atoms with Crippen LogP contribution in [0.5, 0.6) is 0 Å². The Morgan fingerprint density at radius 1 is 1.60 bits per heavy atom. The third-order valence-corrected chi connectivity index (χ3v) is 1.99. The highest BCUT2D eigenvalue weighted by atomic mass is 16.5. The lowest BCUT2D eigenvalue weighted by molar-refractivity contribution is -0.0411. The number of ether oxygens (including phenoxy) is 1. The Morgan fingerprint density at radius 3 is 3.00 bits per heavy atom. The average molecular weight is 213 g/mol. The monoisotopic (exact) mass is 213 g/mol. The molecule has 0 aliphatic carbocycles. The third-order valence-electron chi connectivity index (χ3n) is 1.99. The predicted molar refractivity (Wildman–Crippen MR) is 57.5 cm³/mol. The number of nitrogens with one attached hydrogen (secondary N) is 1. The van der Waals surface area contributed by atoms with Gasteiger partial charge in [0.1, 0.15) is 12.4 Å². The molecule has 0 fully saturated rings. The van der Waals surface area contributed by atoms with Crippen LogP contribution >= 0.6 is 0 Å². The number of likely N-dealkylation sites (N-methyl/N-ethyl adjacent to an activating group) is 1. The van der Waals surface area contributed by atoms with Crippen molar-refractivity contribution in [2.24, 2.45) is 0 Å². The van der Waals surface area contributed by atoms with Crippen molar-refractivity contribution >= 4 is 0 Å². The fraction of sp³-hybridized carbons (Fsp3) is 0.636. The van der Waals surface area contributed by atoms with E-state index in [1.165, 1.54) is 0 Å². The molecular weight excluding hydrogens is 194 g/mol. The van der Waals surface area contributed by atoms with Crippen LogP contribution in [0.2, 0.25) is 0 Å². The van der Waals surface area contributed by atoms with E-state index < -0.39 is 5.60 Å². The van der Waals surface area contributed by atoms with Crippen LogP contribution in [-0.4, -0.2) is 30.4 Å². The van der Waals surface area contributed by atoms with Gasteiger partial charge in [0.15, 0.2) is 0 Å². The minimum absolute atomic E-state index is 0.292. The van der Waals surface area contributed by atoms with Gasteiger partial charge in [-0.2, -0.15) is 0 Å². The van der Waals surface area contributed by atoms with Gasteiger partial charge in [-0.1, -0.05) is 6.92 Å². The first-order chi connectivity index (χ1) is 7.14. The first-order valence-corrected chi connectivity index (χ1v) is 5.17. The van der Waals surface area contributed by atoms with Gasteiger partial charge >= 0.3 is 0 Å². The Hall–Kier alpha value is -0.840. The fourth-order valence-corrected chi connectivity index (χ4v) is 1.21. The maximum absolute atomic E-state index is 9.86. The zero-order chi connectivity index (χ0) is 11.1. The third kappa shape index (κ3) is 4.97. The van der Waals surface area contributed by atoms with Crippen LogP contribution < -0.4 is 5.32 Å². The average Bonchev–Trinajstić information content (AvgIpc) is 2.67. The van der Waals surface area contributed by atoms with Gasteiger partial charge in [0.25, 0.3) is 0 Å². The van der Waals surface area contributed by atoms with Gasteiger partial charge in [-0.05, 0) is 25.6 Å².